The SMILES string of the molecule is Cc1cc(C)nc(-n2nc(C)c(CC(=O)N3CCN(C(=O)C(=O)NC(C)C)CC3)c2C)n1. The van der Waals surface area contributed by atoms with Gasteiger partial charge in [0.05, 0.1) is 12.1 Å². The van der Waals surface area contributed by atoms with Gasteiger partial charge in [0.25, 0.3) is 5.95 Å². The number of piperazine rings is 1. The lowest BCUT2D eigenvalue weighted by atomic mass is 10.1. The lowest BCUT2D eigenvalue weighted by molar-refractivity contribution is -0.148. The predicted octanol–water partition coefficient (Wildman–Crippen LogP) is 0.634. The number of hydrogen-bond donors (Lipinski definition) is 1. The Morgan fingerprint density at radius 3 is 2.09 bits per heavy atom. The van der Waals surface area contributed by atoms with Crippen LogP contribution in [0.4, 0.5) is 0 Å². The van der Waals surface area contributed by atoms with Gasteiger partial charge in [-0.3, -0.25) is 14.4 Å². The van der Waals surface area contributed by atoms with E-state index >= 15 is 0 Å². The second-order valence-electron chi connectivity index (χ2n) is 8.49. The Bertz CT molecular complexity index is 1020. The molecule has 1 N–H and O–H groups in total. The van der Waals surface area contributed by atoms with Crippen molar-refractivity contribution in [3.8, 4) is 5.95 Å². The highest BCUT2D eigenvalue weighted by atomic mass is 16.2. The third-order valence-electron chi connectivity index (χ3n) is 5.46. The van der Waals surface area contributed by atoms with Crippen LogP contribution in [0, 0.1) is 27.7 Å². The molecule has 0 radical (unpaired) electrons. The second-order valence-corrected chi connectivity index (χ2v) is 8.49. The molecule has 2 aromatic rings. The summed E-state index contributed by atoms with van der Waals surface area (Å²) in [6.45, 7) is 12.7. The first-order valence-corrected chi connectivity index (χ1v) is 10.8. The number of aryl methyl sites for hydroxylation is 3. The lowest BCUT2D eigenvalue weighted by Gasteiger charge is -2.34. The Balaban J connectivity index is 1.65. The fourth-order valence-electron chi connectivity index (χ4n) is 3.82. The quantitative estimate of drug-likeness (QED) is 0.697. The minimum atomic E-state index is -0.605. The van der Waals surface area contributed by atoms with Gasteiger partial charge in [-0.25, -0.2) is 14.6 Å². The standard InChI is InChI=1S/C22H31N7O3/c1-13(2)23-20(31)21(32)28-9-7-27(8-10-28)19(30)12-18-16(5)26-29(17(18)6)22-24-14(3)11-15(4)25-22/h11,13H,7-10,12H2,1-6H3,(H,23,31). The number of carbonyl (C=O) groups excluding carboxylic acids is 3. The van der Waals surface area contributed by atoms with E-state index in [-0.39, 0.29) is 18.4 Å². The lowest BCUT2D eigenvalue weighted by Crippen LogP contribution is -2.54. The summed E-state index contributed by atoms with van der Waals surface area (Å²) in [7, 11) is 0. The van der Waals surface area contributed by atoms with E-state index in [2.05, 4.69) is 20.4 Å². The van der Waals surface area contributed by atoms with Crippen molar-refractivity contribution in [2.75, 3.05) is 26.2 Å². The van der Waals surface area contributed by atoms with E-state index in [1.54, 1.807) is 23.4 Å². The minimum Gasteiger partial charge on any atom is -0.346 e. The van der Waals surface area contributed by atoms with Crippen molar-refractivity contribution >= 4 is 17.7 Å². The molecule has 0 atom stereocenters. The van der Waals surface area contributed by atoms with Gasteiger partial charge in [-0.1, -0.05) is 0 Å². The molecule has 10 heteroatoms. The summed E-state index contributed by atoms with van der Waals surface area (Å²) in [5.74, 6) is -0.691. The summed E-state index contributed by atoms with van der Waals surface area (Å²) in [6, 6.07) is 1.80. The van der Waals surface area contributed by atoms with Crippen LogP contribution in [-0.2, 0) is 20.8 Å². The number of nitrogens with zero attached hydrogens (tertiary/aromatic N) is 6. The Kier molecular flexibility index (Phi) is 6.90. The van der Waals surface area contributed by atoms with Crippen LogP contribution in [0.2, 0.25) is 0 Å². The molecule has 2 aromatic heterocycles. The Morgan fingerprint density at radius 2 is 1.53 bits per heavy atom. The maximum atomic E-state index is 13.0. The van der Waals surface area contributed by atoms with Gasteiger partial charge in [-0.2, -0.15) is 5.10 Å². The average molecular weight is 442 g/mol. The van der Waals surface area contributed by atoms with Crippen LogP contribution < -0.4 is 5.32 Å². The van der Waals surface area contributed by atoms with E-state index in [9.17, 15) is 14.4 Å². The van der Waals surface area contributed by atoms with Crippen LogP contribution in [0.15, 0.2) is 6.07 Å². The maximum Gasteiger partial charge on any atom is 0.312 e. The summed E-state index contributed by atoms with van der Waals surface area (Å²) in [6.07, 6.45) is 0.213. The Hall–Kier alpha value is -3.30. The number of amides is 3. The topological polar surface area (TPSA) is 113 Å². The molecule has 172 valence electrons. The molecule has 0 unspecified atom stereocenters. The summed E-state index contributed by atoms with van der Waals surface area (Å²) < 4.78 is 1.68. The molecular formula is C22H31N7O3. The number of carbonyl (C=O) groups is 3. The van der Waals surface area contributed by atoms with Crippen molar-refractivity contribution < 1.29 is 14.4 Å². The predicted molar refractivity (Wildman–Crippen MR) is 118 cm³/mol. The summed E-state index contributed by atoms with van der Waals surface area (Å²) in [5.41, 5.74) is 4.16. The molecule has 1 aliphatic heterocycles. The van der Waals surface area contributed by atoms with Gasteiger partial charge in [0.2, 0.25) is 5.91 Å². The third kappa shape index (κ3) is 5.12. The van der Waals surface area contributed by atoms with Crippen molar-refractivity contribution in [2.45, 2.75) is 54.0 Å². The van der Waals surface area contributed by atoms with Crippen molar-refractivity contribution in [3.63, 3.8) is 0 Å². The molecule has 3 amide bonds. The molecule has 0 spiro atoms. The van der Waals surface area contributed by atoms with Gasteiger partial charge in [-0.15, -0.1) is 0 Å². The molecule has 32 heavy (non-hydrogen) atoms. The van der Waals surface area contributed by atoms with Crippen molar-refractivity contribution in [3.05, 3.63) is 34.4 Å². The van der Waals surface area contributed by atoms with Crippen LogP contribution in [0.3, 0.4) is 0 Å². The molecule has 0 saturated carbocycles. The normalized spacial score (nSPS) is 14.1. The summed E-state index contributed by atoms with van der Waals surface area (Å²) in [5, 5.41) is 7.17. The molecule has 1 fully saturated rings. The third-order valence-corrected chi connectivity index (χ3v) is 5.46. The zero-order valence-electron chi connectivity index (χ0n) is 19.6. The number of nitrogens with one attached hydrogen (secondary N) is 1. The van der Waals surface area contributed by atoms with Crippen LogP contribution in [0.5, 0.6) is 0 Å². The average Bonchev–Trinajstić information content (AvgIpc) is 3.00. The van der Waals surface area contributed by atoms with Crippen molar-refractivity contribution in [1.82, 2.24) is 34.9 Å². The maximum absolute atomic E-state index is 13.0. The monoisotopic (exact) mass is 441 g/mol. The second kappa shape index (κ2) is 9.46. The van der Waals surface area contributed by atoms with Crippen LogP contribution in [-0.4, -0.2) is 79.5 Å². The first-order valence-electron chi connectivity index (χ1n) is 10.8. The zero-order chi connectivity index (χ0) is 23.6. The van der Waals surface area contributed by atoms with E-state index in [1.165, 1.54) is 4.90 Å². The molecule has 3 rings (SSSR count). The molecular weight excluding hydrogens is 410 g/mol. The number of rotatable bonds is 4. The van der Waals surface area contributed by atoms with E-state index < -0.39 is 11.8 Å². The highest BCUT2D eigenvalue weighted by Gasteiger charge is 2.29. The summed E-state index contributed by atoms with van der Waals surface area (Å²) in [4.78, 5) is 49.3. The highest BCUT2D eigenvalue weighted by Crippen LogP contribution is 2.18. The van der Waals surface area contributed by atoms with E-state index in [0.29, 0.717) is 32.1 Å². The van der Waals surface area contributed by atoms with Gasteiger partial charge >= 0.3 is 11.8 Å². The molecule has 1 aliphatic rings. The fourth-order valence-corrected chi connectivity index (χ4v) is 3.82. The summed E-state index contributed by atoms with van der Waals surface area (Å²) >= 11 is 0. The highest BCUT2D eigenvalue weighted by molar-refractivity contribution is 6.35. The molecule has 0 bridgehead atoms. The van der Waals surface area contributed by atoms with Gasteiger partial charge < -0.3 is 15.1 Å². The number of aromatic nitrogens is 4. The molecule has 3 heterocycles. The van der Waals surface area contributed by atoms with Crippen LogP contribution in [0.1, 0.15) is 42.2 Å². The number of hydrogen-bond acceptors (Lipinski definition) is 6. The molecule has 0 aromatic carbocycles. The van der Waals surface area contributed by atoms with E-state index in [0.717, 1.165) is 28.3 Å². The van der Waals surface area contributed by atoms with E-state index in [1.807, 2.05) is 33.8 Å². The van der Waals surface area contributed by atoms with Crippen molar-refractivity contribution in [1.29, 1.82) is 0 Å². The Labute approximate surface area is 188 Å². The first-order chi connectivity index (χ1) is 15.1. The molecule has 0 aliphatic carbocycles. The van der Waals surface area contributed by atoms with Gasteiger partial charge in [0, 0.05) is 54.9 Å². The smallest absolute Gasteiger partial charge is 0.312 e. The molecule has 10 nitrogen and oxygen atoms in total. The Morgan fingerprint density at radius 1 is 0.969 bits per heavy atom. The molecule has 1 saturated heterocycles. The first kappa shape index (κ1) is 23.4. The minimum absolute atomic E-state index is 0.0316. The fraction of sp³-hybridized carbons (Fsp3) is 0.545. The largest absolute Gasteiger partial charge is 0.346 e. The zero-order valence-corrected chi connectivity index (χ0v) is 19.6. The van der Waals surface area contributed by atoms with Gasteiger partial charge in [0.15, 0.2) is 0 Å². The van der Waals surface area contributed by atoms with Gasteiger partial charge in [-0.05, 0) is 47.6 Å². The van der Waals surface area contributed by atoms with Crippen LogP contribution in [0.25, 0.3) is 5.95 Å². The van der Waals surface area contributed by atoms with Gasteiger partial charge in [0.1, 0.15) is 0 Å². The van der Waals surface area contributed by atoms with Crippen LogP contribution >= 0.6 is 0 Å². The van der Waals surface area contributed by atoms with Crippen molar-refractivity contribution in [2.24, 2.45) is 0 Å². The van der Waals surface area contributed by atoms with E-state index in [4.69, 9.17) is 0 Å².